The summed E-state index contributed by atoms with van der Waals surface area (Å²) in [7, 11) is 0. The van der Waals surface area contributed by atoms with E-state index in [1.807, 2.05) is 30.5 Å². The summed E-state index contributed by atoms with van der Waals surface area (Å²) in [5, 5.41) is 3.78. The lowest BCUT2D eigenvalue weighted by molar-refractivity contribution is -0.117. The first-order valence-electron chi connectivity index (χ1n) is 8.57. The van der Waals surface area contributed by atoms with E-state index >= 15 is 0 Å². The minimum atomic E-state index is -0.687. The van der Waals surface area contributed by atoms with E-state index in [-0.39, 0.29) is 23.1 Å². The van der Waals surface area contributed by atoms with E-state index in [0.717, 1.165) is 29.3 Å². The SMILES string of the molecule is C/C(=C\c1c(F)cc(-c2ccc3[nH]ccc3c2)cc1F)C(=O)NC1CC1. The van der Waals surface area contributed by atoms with Gasteiger partial charge >= 0.3 is 0 Å². The smallest absolute Gasteiger partial charge is 0.247 e. The number of benzene rings is 2. The van der Waals surface area contributed by atoms with Crippen molar-refractivity contribution in [3.63, 3.8) is 0 Å². The Hall–Kier alpha value is -2.95. The van der Waals surface area contributed by atoms with Crippen LogP contribution in [0.2, 0.25) is 0 Å². The normalized spacial score (nSPS) is 14.7. The number of rotatable bonds is 4. The van der Waals surface area contributed by atoms with Gasteiger partial charge in [-0.1, -0.05) is 6.07 Å². The van der Waals surface area contributed by atoms with Gasteiger partial charge in [-0.05, 0) is 72.7 Å². The van der Waals surface area contributed by atoms with Crippen molar-refractivity contribution in [2.75, 3.05) is 0 Å². The second kappa shape index (κ2) is 6.41. The zero-order valence-electron chi connectivity index (χ0n) is 14.3. The molecule has 1 saturated carbocycles. The molecular weight excluding hydrogens is 334 g/mol. The predicted molar refractivity (Wildman–Crippen MR) is 98.5 cm³/mol. The van der Waals surface area contributed by atoms with Crippen LogP contribution in [0.3, 0.4) is 0 Å². The highest BCUT2D eigenvalue weighted by Gasteiger charge is 2.24. The zero-order chi connectivity index (χ0) is 18.3. The van der Waals surface area contributed by atoms with Crippen LogP contribution in [0, 0.1) is 11.6 Å². The zero-order valence-corrected chi connectivity index (χ0v) is 14.3. The van der Waals surface area contributed by atoms with Gasteiger partial charge in [-0.15, -0.1) is 0 Å². The van der Waals surface area contributed by atoms with Crippen molar-refractivity contribution in [3.05, 3.63) is 65.4 Å². The minimum Gasteiger partial charge on any atom is -0.361 e. The van der Waals surface area contributed by atoms with Gasteiger partial charge in [-0.2, -0.15) is 0 Å². The fourth-order valence-corrected chi connectivity index (χ4v) is 2.93. The van der Waals surface area contributed by atoms with Gasteiger partial charge in [0.05, 0.1) is 0 Å². The molecule has 0 unspecified atom stereocenters. The summed E-state index contributed by atoms with van der Waals surface area (Å²) in [6, 6.07) is 10.3. The number of hydrogen-bond acceptors (Lipinski definition) is 1. The summed E-state index contributed by atoms with van der Waals surface area (Å²) in [5.74, 6) is -1.66. The van der Waals surface area contributed by atoms with Crippen LogP contribution < -0.4 is 5.32 Å². The topological polar surface area (TPSA) is 44.9 Å². The third kappa shape index (κ3) is 3.25. The molecule has 1 aromatic heterocycles. The van der Waals surface area contributed by atoms with Crippen molar-refractivity contribution in [1.29, 1.82) is 0 Å². The van der Waals surface area contributed by atoms with Crippen molar-refractivity contribution >= 4 is 22.9 Å². The molecule has 0 atom stereocenters. The first-order chi connectivity index (χ1) is 12.5. The van der Waals surface area contributed by atoms with E-state index in [4.69, 9.17) is 0 Å². The molecule has 0 saturated heterocycles. The van der Waals surface area contributed by atoms with E-state index in [0.29, 0.717) is 5.56 Å². The van der Waals surface area contributed by atoms with Crippen LogP contribution in [0.1, 0.15) is 25.3 Å². The lowest BCUT2D eigenvalue weighted by Crippen LogP contribution is -2.25. The second-order valence-electron chi connectivity index (χ2n) is 6.71. The standard InChI is InChI=1S/C21H18F2N2O/c1-12(21(26)25-16-3-4-16)8-17-18(22)10-15(11-19(17)23)13-2-5-20-14(9-13)6-7-24-20/h2,5-11,16,24H,3-4H2,1H3,(H,25,26)/b12-8+. The number of carbonyl (C=O) groups is 1. The highest BCUT2D eigenvalue weighted by molar-refractivity contribution is 5.97. The monoisotopic (exact) mass is 352 g/mol. The maximum atomic E-state index is 14.5. The van der Waals surface area contributed by atoms with E-state index in [9.17, 15) is 13.6 Å². The summed E-state index contributed by atoms with van der Waals surface area (Å²) >= 11 is 0. The molecule has 0 aliphatic heterocycles. The van der Waals surface area contributed by atoms with Crippen molar-refractivity contribution in [3.8, 4) is 11.1 Å². The van der Waals surface area contributed by atoms with Crippen LogP contribution in [0.5, 0.6) is 0 Å². The molecule has 4 rings (SSSR count). The van der Waals surface area contributed by atoms with E-state index in [1.54, 1.807) is 6.92 Å². The van der Waals surface area contributed by atoms with Gasteiger partial charge in [0, 0.05) is 28.9 Å². The fourth-order valence-electron chi connectivity index (χ4n) is 2.93. The van der Waals surface area contributed by atoms with Crippen LogP contribution in [-0.2, 0) is 4.79 Å². The van der Waals surface area contributed by atoms with Crippen molar-refractivity contribution in [1.82, 2.24) is 10.3 Å². The summed E-state index contributed by atoms with van der Waals surface area (Å²) < 4.78 is 29.1. The Kier molecular flexibility index (Phi) is 4.07. The molecule has 3 nitrogen and oxygen atoms in total. The summed E-state index contributed by atoms with van der Waals surface area (Å²) in [5.41, 5.74) is 2.25. The molecule has 2 N–H and O–H groups in total. The molecule has 2 aromatic carbocycles. The molecule has 1 heterocycles. The molecule has 1 fully saturated rings. The average molecular weight is 352 g/mol. The molecule has 0 radical (unpaired) electrons. The Bertz CT molecular complexity index is 1010. The lowest BCUT2D eigenvalue weighted by Gasteiger charge is -2.08. The van der Waals surface area contributed by atoms with E-state index in [2.05, 4.69) is 10.3 Å². The Morgan fingerprint density at radius 2 is 1.85 bits per heavy atom. The predicted octanol–water partition coefficient (Wildman–Crippen LogP) is 4.80. The Balaban J connectivity index is 1.66. The Labute approximate surface area is 149 Å². The van der Waals surface area contributed by atoms with E-state index < -0.39 is 11.6 Å². The van der Waals surface area contributed by atoms with Gasteiger partial charge in [0.15, 0.2) is 0 Å². The largest absolute Gasteiger partial charge is 0.361 e. The molecule has 0 bridgehead atoms. The summed E-state index contributed by atoms with van der Waals surface area (Å²) in [4.78, 5) is 15.1. The number of carbonyl (C=O) groups excluding carboxylic acids is 1. The Morgan fingerprint density at radius 1 is 1.12 bits per heavy atom. The molecule has 1 amide bonds. The van der Waals surface area contributed by atoms with Crippen molar-refractivity contribution < 1.29 is 13.6 Å². The summed E-state index contributed by atoms with van der Waals surface area (Å²) in [6.07, 6.45) is 5.00. The Morgan fingerprint density at radius 3 is 2.54 bits per heavy atom. The van der Waals surface area contributed by atoms with Gasteiger partial charge in [0.25, 0.3) is 0 Å². The van der Waals surface area contributed by atoms with Crippen LogP contribution in [0.4, 0.5) is 8.78 Å². The van der Waals surface area contributed by atoms with Crippen LogP contribution in [0.25, 0.3) is 28.1 Å². The molecule has 1 aliphatic carbocycles. The molecular formula is C21H18F2N2O. The number of nitrogens with one attached hydrogen (secondary N) is 2. The number of amides is 1. The quantitative estimate of drug-likeness (QED) is 0.651. The van der Waals surface area contributed by atoms with Crippen molar-refractivity contribution in [2.24, 2.45) is 0 Å². The summed E-state index contributed by atoms with van der Waals surface area (Å²) in [6.45, 7) is 1.56. The molecule has 1 aliphatic rings. The fraction of sp³-hybridized carbons (Fsp3) is 0.190. The highest BCUT2D eigenvalue weighted by Crippen LogP contribution is 2.28. The van der Waals surface area contributed by atoms with Gasteiger partial charge in [0.2, 0.25) is 5.91 Å². The number of aromatic nitrogens is 1. The molecule has 26 heavy (non-hydrogen) atoms. The van der Waals surface area contributed by atoms with Crippen LogP contribution >= 0.6 is 0 Å². The average Bonchev–Trinajstić information content (AvgIpc) is 3.30. The van der Waals surface area contributed by atoms with Crippen LogP contribution in [0.15, 0.2) is 48.2 Å². The maximum absolute atomic E-state index is 14.5. The van der Waals surface area contributed by atoms with Crippen molar-refractivity contribution in [2.45, 2.75) is 25.8 Å². The molecule has 5 heteroatoms. The van der Waals surface area contributed by atoms with Crippen LogP contribution in [-0.4, -0.2) is 16.9 Å². The second-order valence-corrected chi connectivity index (χ2v) is 6.71. The molecule has 3 aromatic rings. The van der Waals surface area contributed by atoms with Gasteiger partial charge in [-0.25, -0.2) is 8.78 Å². The maximum Gasteiger partial charge on any atom is 0.247 e. The first kappa shape index (κ1) is 16.5. The number of fused-ring (bicyclic) bond motifs is 1. The molecule has 132 valence electrons. The third-order valence-electron chi connectivity index (χ3n) is 4.60. The minimum absolute atomic E-state index is 0.195. The number of hydrogen-bond donors (Lipinski definition) is 2. The first-order valence-corrected chi connectivity index (χ1v) is 8.57. The van der Waals surface area contributed by atoms with Gasteiger partial charge in [0.1, 0.15) is 11.6 Å². The lowest BCUT2D eigenvalue weighted by atomic mass is 10.0. The number of H-pyrrole nitrogens is 1. The number of halogens is 2. The van der Waals surface area contributed by atoms with Gasteiger partial charge < -0.3 is 10.3 Å². The number of aromatic amines is 1. The van der Waals surface area contributed by atoms with Gasteiger partial charge in [-0.3, -0.25) is 4.79 Å². The highest BCUT2D eigenvalue weighted by atomic mass is 19.1. The molecule has 0 spiro atoms. The third-order valence-corrected chi connectivity index (χ3v) is 4.60. The van der Waals surface area contributed by atoms with E-state index in [1.165, 1.54) is 18.2 Å².